The first-order valence-electron chi connectivity index (χ1n) is 20.6. The summed E-state index contributed by atoms with van der Waals surface area (Å²) >= 11 is 0. The average Bonchev–Trinajstić information content (AvgIpc) is 3.45. The molecule has 0 saturated carbocycles. The molecular weight excluding hydrogens is 783 g/mol. The quantitative estimate of drug-likeness (QED) is 0.101. The molecule has 4 atom stereocenters. The summed E-state index contributed by atoms with van der Waals surface area (Å²) in [5.41, 5.74) is 2.59. The van der Waals surface area contributed by atoms with Gasteiger partial charge in [0.2, 0.25) is 0 Å². The first kappa shape index (κ1) is 46.1. The van der Waals surface area contributed by atoms with Crippen LogP contribution in [0.1, 0.15) is 80.0 Å². The summed E-state index contributed by atoms with van der Waals surface area (Å²) in [6, 6.07) is 43.3. The van der Waals surface area contributed by atoms with E-state index < -0.39 is 27.1 Å². The van der Waals surface area contributed by atoms with Crippen LogP contribution in [0.4, 0.5) is 0 Å². The second kappa shape index (κ2) is 21.5. The number of piperidine rings is 2. The number of esters is 2. The Morgan fingerprint density at radius 1 is 0.833 bits per heavy atom. The molecule has 7 rings (SSSR count). The summed E-state index contributed by atoms with van der Waals surface area (Å²) in [4.78, 5) is 30.2. The van der Waals surface area contributed by atoms with E-state index in [0.29, 0.717) is 38.0 Å². The standard InChI is InChI=1S/C30H32N2O2.C17H23NO3.H2O4S/c1-2-34-28(33)29(25-12-6-3-7-13-25)18-21-32(22-19-29)23-20-30(24-31,26-14-8-4-9-15-26)27-16-10-5-11-17-27;1-18-13-7-8-14(18)10-15(9-13)21-17(20)16(11-19)12-5-3-2-4-6-12;1-5(2,3)4/h3-17H,2,18-23H2,1H3;2-6,13-16,19H,7-11H2,1H3;(H2,1,2,3,4)/t;13-,14+,15?,16?;. The van der Waals surface area contributed by atoms with Gasteiger partial charge in [-0.05, 0) is 94.3 Å². The van der Waals surface area contributed by atoms with Crippen molar-refractivity contribution >= 4 is 22.3 Å². The zero-order valence-electron chi connectivity index (χ0n) is 34.4. The molecule has 3 fully saturated rings. The van der Waals surface area contributed by atoms with E-state index in [1.165, 1.54) is 12.8 Å². The van der Waals surface area contributed by atoms with Crippen LogP contribution in [0.5, 0.6) is 0 Å². The van der Waals surface area contributed by atoms with Gasteiger partial charge in [-0.1, -0.05) is 121 Å². The summed E-state index contributed by atoms with van der Waals surface area (Å²) in [5, 5.41) is 20.0. The van der Waals surface area contributed by atoms with Crippen LogP contribution in [0.2, 0.25) is 0 Å². The van der Waals surface area contributed by atoms with Gasteiger partial charge in [0.05, 0.1) is 24.7 Å². The number of ether oxygens (including phenoxy) is 2. The third kappa shape index (κ3) is 11.9. The van der Waals surface area contributed by atoms with Crippen molar-refractivity contribution in [2.45, 2.75) is 86.8 Å². The normalized spacial score (nSPS) is 20.5. The zero-order valence-corrected chi connectivity index (χ0v) is 35.2. The van der Waals surface area contributed by atoms with E-state index in [4.69, 9.17) is 27.0 Å². The number of aliphatic hydroxyl groups is 1. The molecule has 60 heavy (non-hydrogen) atoms. The maximum Gasteiger partial charge on any atom is 0.394 e. The Kier molecular flexibility index (Phi) is 16.6. The molecule has 4 aromatic rings. The number of likely N-dealkylation sites (tertiary alicyclic amines) is 1. The second-order valence-corrected chi connectivity index (χ2v) is 16.6. The molecule has 0 amide bonds. The van der Waals surface area contributed by atoms with Gasteiger partial charge in [0.1, 0.15) is 17.4 Å². The van der Waals surface area contributed by atoms with Crippen LogP contribution in [0, 0.1) is 11.3 Å². The first-order chi connectivity index (χ1) is 28.8. The highest BCUT2D eigenvalue weighted by atomic mass is 32.3. The van der Waals surface area contributed by atoms with E-state index in [0.717, 1.165) is 54.7 Å². The molecule has 0 aliphatic carbocycles. The van der Waals surface area contributed by atoms with Crippen molar-refractivity contribution in [3.05, 3.63) is 144 Å². The lowest BCUT2D eigenvalue weighted by molar-refractivity contribution is -0.155. The van der Waals surface area contributed by atoms with Gasteiger partial charge in [-0.2, -0.15) is 13.7 Å². The highest BCUT2D eigenvalue weighted by Gasteiger charge is 2.45. The van der Waals surface area contributed by atoms with Crippen LogP contribution in [0.15, 0.2) is 121 Å². The number of benzene rings is 4. The molecule has 0 spiro atoms. The Balaban J connectivity index is 0.000000222. The Labute approximate surface area is 354 Å². The van der Waals surface area contributed by atoms with Crippen molar-refractivity contribution in [1.82, 2.24) is 9.80 Å². The first-order valence-corrected chi connectivity index (χ1v) is 22.0. The van der Waals surface area contributed by atoms with Crippen LogP contribution in [-0.2, 0) is 40.3 Å². The smallest absolute Gasteiger partial charge is 0.394 e. The Morgan fingerprint density at radius 3 is 1.75 bits per heavy atom. The molecule has 0 aromatic heterocycles. The minimum atomic E-state index is -4.67. The molecular formula is C47H57N3O9S. The zero-order chi connectivity index (χ0) is 43.2. The van der Waals surface area contributed by atoms with Gasteiger partial charge >= 0.3 is 22.3 Å². The molecule has 13 heteroatoms. The van der Waals surface area contributed by atoms with Crippen molar-refractivity contribution in [3.8, 4) is 6.07 Å². The lowest BCUT2D eigenvalue weighted by atomic mass is 9.71. The molecule has 3 saturated heterocycles. The molecule has 3 aliphatic rings. The van der Waals surface area contributed by atoms with Gasteiger partial charge in [0, 0.05) is 18.6 Å². The summed E-state index contributed by atoms with van der Waals surface area (Å²) < 4.78 is 42.8. The van der Waals surface area contributed by atoms with E-state index in [1.807, 2.05) is 128 Å². The number of nitriles is 1. The summed E-state index contributed by atoms with van der Waals surface area (Å²) in [6.45, 7) is 4.40. The predicted octanol–water partition coefficient (Wildman–Crippen LogP) is 6.76. The predicted molar refractivity (Wildman–Crippen MR) is 228 cm³/mol. The number of fused-ring (bicyclic) bond motifs is 2. The van der Waals surface area contributed by atoms with E-state index in [1.54, 1.807) is 0 Å². The van der Waals surface area contributed by atoms with Crippen LogP contribution < -0.4 is 0 Å². The van der Waals surface area contributed by atoms with Crippen molar-refractivity contribution in [2.75, 3.05) is 39.9 Å². The summed E-state index contributed by atoms with van der Waals surface area (Å²) in [5.74, 6) is -0.984. The average molecular weight is 840 g/mol. The van der Waals surface area contributed by atoms with Gasteiger partial charge in [0.25, 0.3) is 0 Å². The van der Waals surface area contributed by atoms with Crippen molar-refractivity contribution < 1.29 is 41.7 Å². The van der Waals surface area contributed by atoms with E-state index in [9.17, 15) is 20.0 Å². The van der Waals surface area contributed by atoms with Gasteiger partial charge < -0.3 is 24.4 Å². The molecule has 3 heterocycles. The summed E-state index contributed by atoms with van der Waals surface area (Å²) in [6.07, 6.45) is 6.38. The maximum absolute atomic E-state index is 13.1. The van der Waals surface area contributed by atoms with E-state index in [2.05, 4.69) is 22.9 Å². The van der Waals surface area contributed by atoms with Crippen LogP contribution in [0.25, 0.3) is 0 Å². The van der Waals surface area contributed by atoms with Gasteiger partial charge in [-0.15, -0.1) is 0 Å². The minimum absolute atomic E-state index is 0.00367. The van der Waals surface area contributed by atoms with Crippen LogP contribution in [-0.4, -0.2) is 102 Å². The Morgan fingerprint density at radius 2 is 1.30 bits per heavy atom. The monoisotopic (exact) mass is 839 g/mol. The fourth-order valence-electron chi connectivity index (χ4n) is 8.91. The topological polar surface area (TPSA) is 178 Å². The number of aliphatic hydroxyl groups excluding tert-OH is 1. The fourth-order valence-corrected chi connectivity index (χ4v) is 8.91. The number of hydrogen-bond acceptors (Lipinski definition) is 10. The molecule has 3 aliphatic heterocycles. The van der Waals surface area contributed by atoms with Gasteiger partial charge in [-0.3, -0.25) is 18.7 Å². The molecule has 2 bridgehead atoms. The summed E-state index contributed by atoms with van der Waals surface area (Å²) in [7, 11) is -2.50. The third-order valence-corrected chi connectivity index (χ3v) is 12.2. The largest absolute Gasteiger partial charge is 0.465 e. The SMILES string of the molecule is CCOC(=O)C1(c2ccccc2)CCN(CCC(C#N)(c2ccccc2)c2ccccc2)CC1.CN1[C@@H]2CC[C@H]1CC(OC(=O)C(CO)c1ccccc1)C2.O=S(=O)(O)O. The molecule has 4 aromatic carbocycles. The Bertz CT molecular complexity index is 2030. The van der Waals surface area contributed by atoms with Gasteiger partial charge in [-0.25, -0.2) is 0 Å². The van der Waals surface area contributed by atoms with E-state index >= 15 is 0 Å². The molecule has 12 nitrogen and oxygen atoms in total. The fraction of sp³-hybridized carbons (Fsp3) is 0.426. The Hall–Kier alpha value is -4.94. The molecule has 320 valence electrons. The van der Waals surface area contributed by atoms with Gasteiger partial charge in [0.15, 0.2) is 0 Å². The lowest BCUT2D eigenvalue weighted by Crippen LogP contribution is -2.49. The van der Waals surface area contributed by atoms with Crippen LogP contribution in [0.3, 0.4) is 0 Å². The van der Waals surface area contributed by atoms with Crippen molar-refractivity contribution in [1.29, 1.82) is 5.26 Å². The maximum atomic E-state index is 13.1. The van der Waals surface area contributed by atoms with Crippen molar-refractivity contribution in [2.24, 2.45) is 0 Å². The highest BCUT2D eigenvalue weighted by molar-refractivity contribution is 7.79. The third-order valence-electron chi connectivity index (χ3n) is 12.2. The lowest BCUT2D eigenvalue weighted by Gasteiger charge is -2.41. The van der Waals surface area contributed by atoms with Crippen molar-refractivity contribution in [3.63, 3.8) is 0 Å². The number of rotatable bonds is 12. The molecule has 2 unspecified atom stereocenters. The highest BCUT2D eigenvalue weighted by Crippen LogP contribution is 2.40. The molecule has 3 N–H and O–H groups in total. The second-order valence-electron chi connectivity index (χ2n) is 15.7. The number of hydrogen-bond donors (Lipinski definition) is 3. The number of nitrogens with zero attached hydrogens (tertiary/aromatic N) is 3. The minimum Gasteiger partial charge on any atom is -0.465 e. The van der Waals surface area contributed by atoms with E-state index in [-0.39, 0.29) is 24.6 Å². The number of carbonyl (C=O) groups is 2. The van der Waals surface area contributed by atoms with Crippen LogP contribution >= 0.6 is 0 Å². The molecule has 0 radical (unpaired) electrons. The number of carbonyl (C=O) groups excluding carboxylic acids is 2.